The molecule has 3 atom stereocenters. The molecule has 2 aromatic carbocycles. The second-order valence-corrected chi connectivity index (χ2v) is 14.2. The van der Waals surface area contributed by atoms with Crippen molar-refractivity contribution in [3.05, 3.63) is 114 Å². The van der Waals surface area contributed by atoms with Gasteiger partial charge in [-0.05, 0) is 59.4 Å². The second-order valence-electron chi connectivity index (χ2n) is 14.2. The van der Waals surface area contributed by atoms with Crippen LogP contribution in [0, 0.1) is 17.0 Å². The van der Waals surface area contributed by atoms with Crippen molar-refractivity contribution in [3.63, 3.8) is 0 Å². The zero-order chi connectivity index (χ0) is 40.3. The molecular formula is C40H47F2N7O6. The zero-order valence-electron chi connectivity index (χ0n) is 31.2. The number of rotatable bonds is 17. The van der Waals surface area contributed by atoms with E-state index in [9.17, 15) is 33.5 Å². The highest BCUT2D eigenvalue weighted by atomic mass is 19.1. The van der Waals surface area contributed by atoms with Gasteiger partial charge in [-0.15, -0.1) is 0 Å². The molecule has 6 N–H and O–H groups in total. The SMILES string of the molecule is CNC(=O)C(CCN(C(=O)CO)C(c1cc(-c2cc(F)ccc2F)cn1Cc1ccccc1)C(C)(C)C)NC(=O)C(CC(N)=O)NC(=O)Cc1ccncc1. The number of nitrogens with one attached hydrogen (secondary N) is 3. The smallest absolute Gasteiger partial charge is 0.248 e. The van der Waals surface area contributed by atoms with Gasteiger partial charge >= 0.3 is 0 Å². The summed E-state index contributed by atoms with van der Waals surface area (Å²) in [5.41, 5.74) is 7.07. The topological polar surface area (TPSA) is 189 Å². The molecule has 0 aliphatic carbocycles. The minimum atomic E-state index is -1.42. The minimum absolute atomic E-state index is 0.0153. The van der Waals surface area contributed by atoms with Crippen molar-refractivity contribution in [2.75, 3.05) is 20.2 Å². The zero-order valence-corrected chi connectivity index (χ0v) is 31.2. The van der Waals surface area contributed by atoms with Crippen LogP contribution >= 0.6 is 0 Å². The van der Waals surface area contributed by atoms with Gasteiger partial charge in [0, 0.05) is 55.5 Å². The van der Waals surface area contributed by atoms with Crippen molar-refractivity contribution in [1.82, 2.24) is 30.4 Å². The van der Waals surface area contributed by atoms with E-state index >= 15 is 4.39 Å². The van der Waals surface area contributed by atoms with Gasteiger partial charge in [0.05, 0.1) is 18.9 Å². The van der Waals surface area contributed by atoms with E-state index in [4.69, 9.17) is 5.73 Å². The Labute approximate surface area is 318 Å². The van der Waals surface area contributed by atoms with Crippen molar-refractivity contribution in [3.8, 4) is 11.1 Å². The summed E-state index contributed by atoms with van der Waals surface area (Å²) in [6, 6.07) is 14.0. The van der Waals surface area contributed by atoms with Crippen LogP contribution in [-0.2, 0) is 36.9 Å². The Morgan fingerprint density at radius 2 is 1.60 bits per heavy atom. The van der Waals surface area contributed by atoms with Crippen LogP contribution in [0.15, 0.2) is 85.3 Å². The summed E-state index contributed by atoms with van der Waals surface area (Å²) < 4.78 is 31.3. The Hall–Kier alpha value is -5.96. The monoisotopic (exact) mass is 759 g/mol. The lowest BCUT2D eigenvalue weighted by molar-refractivity contribution is -0.140. The molecule has 0 aliphatic heterocycles. The number of amides is 5. The molecule has 55 heavy (non-hydrogen) atoms. The van der Waals surface area contributed by atoms with Crippen LogP contribution in [0.2, 0.25) is 0 Å². The first kappa shape index (κ1) is 41.8. The van der Waals surface area contributed by atoms with Gasteiger partial charge < -0.3 is 36.3 Å². The Morgan fingerprint density at radius 3 is 2.22 bits per heavy atom. The molecule has 13 nitrogen and oxygen atoms in total. The molecule has 5 amide bonds. The van der Waals surface area contributed by atoms with Crippen LogP contribution in [0.5, 0.6) is 0 Å². The molecule has 2 heterocycles. The number of halogens is 2. The maximum atomic E-state index is 15.1. The number of pyridine rings is 1. The van der Waals surface area contributed by atoms with Gasteiger partial charge in [0.1, 0.15) is 30.3 Å². The van der Waals surface area contributed by atoms with Crippen molar-refractivity contribution in [2.45, 2.75) is 64.7 Å². The fraction of sp³-hybridized carbons (Fsp3) is 0.350. The normalized spacial score (nSPS) is 12.9. The van der Waals surface area contributed by atoms with E-state index in [-0.39, 0.29) is 24.9 Å². The summed E-state index contributed by atoms with van der Waals surface area (Å²) in [5, 5.41) is 17.8. The largest absolute Gasteiger partial charge is 0.387 e. The van der Waals surface area contributed by atoms with E-state index < -0.39 is 77.7 Å². The number of aliphatic hydroxyl groups excluding tert-OH is 1. The van der Waals surface area contributed by atoms with Crippen LogP contribution in [0.3, 0.4) is 0 Å². The molecule has 4 aromatic rings. The van der Waals surface area contributed by atoms with Crippen molar-refractivity contribution in [1.29, 1.82) is 0 Å². The highest BCUT2D eigenvalue weighted by molar-refractivity contribution is 5.95. The Kier molecular flexibility index (Phi) is 14.3. The Bertz CT molecular complexity index is 1970. The summed E-state index contributed by atoms with van der Waals surface area (Å²) >= 11 is 0. The second kappa shape index (κ2) is 18.9. The van der Waals surface area contributed by atoms with E-state index in [0.29, 0.717) is 23.4 Å². The lowest BCUT2D eigenvalue weighted by Crippen LogP contribution is -2.55. The number of carbonyl (C=O) groups is 5. The number of benzene rings is 2. The number of hydrogen-bond donors (Lipinski definition) is 5. The van der Waals surface area contributed by atoms with Gasteiger partial charge in [-0.25, -0.2) is 8.78 Å². The molecule has 0 aliphatic rings. The van der Waals surface area contributed by atoms with Gasteiger partial charge in [-0.2, -0.15) is 0 Å². The highest BCUT2D eigenvalue weighted by Gasteiger charge is 2.38. The van der Waals surface area contributed by atoms with Crippen molar-refractivity contribution < 1.29 is 37.9 Å². The number of carbonyl (C=O) groups excluding carboxylic acids is 5. The average molecular weight is 760 g/mol. The summed E-state index contributed by atoms with van der Waals surface area (Å²) in [6.07, 6.45) is 3.85. The van der Waals surface area contributed by atoms with Crippen molar-refractivity contribution in [2.24, 2.45) is 11.1 Å². The predicted molar refractivity (Wildman–Crippen MR) is 201 cm³/mol. The van der Waals surface area contributed by atoms with Gasteiger partial charge in [0.2, 0.25) is 29.5 Å². The number of primary amides is 1. The highest BCUT2D eigenvalue weighted by Crippen LogP contribution is 2.41. The first-order chi connectivity index (χ1) is 26.1. The van der Waals surface area contributed by atoms with E-state index in [2.05, 4.69) is 20.9 Å². The van der Waals surface area contributed by atoms with Crippen LogP contribution < -0.4 is 21.7 Å². The first-order valence-corrected chi connectivity index (χ1v) is 17.7. The average Bonchev–Trinajstić information content (AvgIpc) is 3.54. The van der Waals surface area contributed by atoms with E-state index in [0.717, 1.165) is 23.8 Å². The fourth-order valence-corrected chi connectivity index (χ4v) is 6.43. The summed E-state index contributed by atoms with van der Waals surface area (Å²) in [7, 11) is 1.36. The van der Waals surface area contributed by atoms with E-state index in [1.54, 1.807) is 24.4 Å². The Balaban J connectivity index is 1.68. The molecule has 0 saturated carbocycles. The number of nitrogens with two attached hydrogens (primary N) is 1. The van der Waals surface area contributed by atoms with Gasteiger partial charge in [0.15, 0.2) is 0 Å². The van der Waals surface area contributed by atoms with E-state index in [1.807, 2.05) is 55.7 Å². The van der Waals surface area contributed by atoms with Gasteiger partial charge in [-0.1, -0.05) is 51.1 Å². The summed E-state index contributed by atoms with van der Waals surface area (Å²) in [4.78, 5) is 70.4. The maximum absolute atomic E-state index is 15.1. The molecule has 15 heteroatoms. The third-order valence-corrected chi connectivity index (χ3v) is 8.94. The maximum Gasteiger partial charge on any atom is 0.248 e. The van der Waals surface area contributed by atoms with Crippen LogP contribution in [0.1, 0.15) is 56.5 Å². The quantitative estimate of drug-likeness (QED) is 0.109. The minimum Gasteiger partial charge on any atom is -0.387 e. The van der Waals surface area contributed by atoms with Crippen LogP contribution in [0.25, 0.3) is 11.1 Å². The molecule has 0 bridgehead atoms. The molecule has 0 saturated heterocycles. The molecular weight excluding hydrogens is 712 g/mol. The fourth-order valence-electron chi connectivity index (χ4n) is 6.43. The molecule has 4 rings (SSSR count). The molecule has 2 aromatic heterocycles. The Morgan fingerprint density at radius 1 is 0.909 bits per heavy atom. The molecule has 292 valence electrons. The number of aliphatic hydroxyl groups is 1. The number of hydrogen-bond acceptors (Lipinski definition) is 7. The number of likely N-dealkylation sites (N-methyl/N-ethyl adjacent to an activating group) is 1. The van der Waals surface area contributed by atoms with Gasteiger partial charge in [-0.3, -0.25) is 29.0 Å². The van der Waals surface area contributed by atoms with Crippen molar-refractivity contribution >= 4 is 29.5 Å². The van der Waals surface area contributed by atoms with Crippen LogP contribution in [0.4, 0.5) is 8.78 Å². The third-order valence-electron chi connectivity index (χ3n) is 8.94. The third kappa shape index (κ3) is 11.5. The van der Waals surface area contributed by atoms with E-state index in [1.165, 1.54) is 24.3 Å². The lowest BCUT2D eigenvalue weighted by atomic mass is 9.82. The number of nitrogens with zero attached hydrogens (tertiary/aromatic N) is 3. The molecule has 0 spiro atoms. The van der Waals surface area contributed by atoms with Crippen LogP contribution in [-0.4, -0.2) is 81.4 Å². The molecule has 3 unspecified atom stereocenters. The summed E-state index contributed by atoms with van der Waals surface area (Å²) in [5.74, 6) is -4.91. The first-order valence-electron chi connectivity index (χ1n) is 17.7. The van der Waals surface area contributed by atoms with Gasteiger partial charge in [0.25, 0.3) is 0 Å². The summed E-state index contributed by atoms with van der Waals surface area (Å²) in [6.45, 7) is 4.86. The molecule has 0 radical (unpaired) electrons. The lowest BCUT2D eigenvalue weighted by Gasteiger charge is -2.41. The standard InChI is InChI=1S/C40H47F2N7O6/c1-40(2,3)37(33-19-27(29-20-28(41)10-11-30(29)42)23-48(33)22-26-8-6-5-7-9-26)49(36(53)24-50)17-14-31(38(54)44-4)47-39(55)32(21-34(43)51)46-35(52)18-25-12-15-45-16-13-25/h5-13,15-16,19-20,23,31-32,37,50H,14,17-18,21-22,24H2,1-4H3,(H2,43,51)(H,44,54)(H,46,52)(H,47,55). The predicted octanol–water partition coefficient (Wildman–Crippen LogP) is 3.01. The molecule has 0 fully saturated rings. The number of aromatic nitrogens is 2.